The average molecular weight is 311 g/mol. The van der Waals surface area contributed by atoms with Gasteiger partial charge in [0.2, 0.25) is 5.76 Å². The van der Waals surface area contributed by atoms with Crippen LogP contribution in [0.4, 0.5) is 0 Å². The highest BCUT2D eigenvalue weighted by Gasteiger charge is 2.23. The Morgan fingerprint density at radius 3 is 3.00 bits per heavy atom. The van der Waals surface area contributed by atoms with Crippen LogP contribution >= 0.6 is 0 Å². The molecule has 118 valence electrons. The van der Waals surface area contributed by atoms with Crippen LogP contribution in [-0.4, -0.2) is 22.6 Å². The Labute approximate surface area is 132 Å². The van der Waals surface area contributed by atoms with Gasteiger partial charge in [-0.1, -0.05) is 17.3 Å². The zero-order valence-electron chi connectivity index (χ0n) is 12.7. The number of rotatable bonds is 4. The number of nitrogens with one attached hydrogen (secondary N) is 1. The number of hydrogen-bond acceptors (Lipinski definition) is 5. The second kappa shape index (κ2) is 5.87. The lowest BCUT2D eigenvalue weighted by molar-refractivity contribution is 0.0915. The van der Waals surface area contributed by atoms with Gasteiger partial charge in [-0.3, -0.25) is 4.79 Å². The molecule has 1 aliphatic carbocycles. The van der Waals surface area contributed by atoms with Crippen LogP contribution in [0.25, 0.3) is 11.1 Å². The van der Waals surface area contributed by atoms with Crippen molar-refractivity contribution in [3.63, 3.8) is 0 Å². The zero-order valence-corrected chi connectivity index (χ0v) is 12.7. The molecule has 0 saturated heterocycles. The molecule has 0 saturated carbocycles. The molecule has 0 unspecified atom stereocenters. The fourth-order valence-electron chi connectivity index (χ4n) is 2.96. The third-order valence-electron chi connectivity index (χ3n) is 4.13. The highest BCUT2D eigenvalue weighted by atomic mass is 16.5. The Hall–Kier alpha value is -2.63. The third kappa shape index (κ3) is 2.72. The van der Waals surface area contributed by atoms with Gasteiger partial charge in [0.25, 0.3) is 5.91 Å². The second-order valence-corrected chi connectivity index (χ2v) is 5.73. The molecule has 1 N–H and O–H groups in total. The van der Waals surface area contributed by atoms with Gasteiger partial charge >= 0.3 is 0 Å². The summed E-state index contributed by atoms with van der Waals surface area (Å²) in [5, 5.41) is 6.86. The van der Waals surface area contributed by atoms with Crippen LogP contribution in [0.2, 0.25) is 0 Å². The number of fused-ring (bicyclic) bond motifs is 2. The standard InChI is InChI=1S/C17H17N3O3/c21-17(16-11-5-1-2-6-12(11)20-23-16)18-10-9-15-19-13-7-3-4-8-14(13)22-15/h3-4,7-8H,1-2,5-6,9-10H2,(H,18,21). The smallest absolute Gasteiger partial charge is 0.290 e. The Bertz CT molecular complexity index is 817. The van der Waals surface area contributed by atoms with Crippen LogP contribution in [0.15, 0.2) is 33.2 Å². The maximum absolute atomic E-state index is 12.2. The molecule has 0 radical (unpaired) electrons. The molecule has 2 heterocycles. The van der Waals surface area contributed by atoms with E-state index in [1.807, 2.05) is 24.3 Å². The minimum atomic E-state index is -0.211. The Balaban J connectivity index is 1.39. The lowest BCUT2D eigenvalue weighted by Crippen LogP contribution is -2.26. The lowest BCUT2D eigenvalue weighted by atomic mass is 9.96. The van der Waals surface area contributed by atoms with Crippen molar-refractivity contribution in [2.45, 2.75) is 32.1 Å². The Kier molecular flexibility index (Phi) is 3.57. The number of carbonyl (C=O) groups is 1. The topological polar surface area (TPSA) is 81.2 Å². The Morgan fingerprint density at radius 2 is 2.09 bits per heavy atom. The highest BCUT2D eigenvalue weighted by Crippen LogP contribution is 2.23. The summed E-state index contributed by atoms with van der Waals surface area (Å²) in [7, 11) is 0. The van der Waals surface area contributed by atoms with Crippen molar-refractivity contribution in [1.29, 1.82) is 0 Å². The summed E-state index contributed by atoms with van der Waals surface area (Å²) in [5.41, 5.74) is 3.49. The maximum Gasteiger partial charge on any atom is 0.290 e. The summed E-state index contributed by atoms with van der Waals surface area (Å²) in [4.78, 5) is 16.6. The minimum absolute atomic E-state index is 0.211. The quantitative estimate of drug-likeness (QED) is 0.801. The molecule has 1 aliphatic rings. The fourth-order valence-corrected chi connectivity index (χ4v) is 2.96. The fraction of sp³-hybridized carbons (Fsp3) is 0.353. The molecule has 0 aliphatic heterocycles. The van der Waals surface area contributed by atoms with Gasteiger partial charge in [-0.25, -0.2) is 4.98 Å². The van der Waals surface area contributed by atoms with E-state index in [1.54, 1.807) is 0 Å². The number of para-hydroxylation sites is 2. The molecule has 1 amide bonds. The average Bonchev–Trinajstić information content (AvgIpc) is 3.18. The van der Waals surface area contributed by atoms with Gasteiger partial charge in [-0.2, -0.15) is 0 Å². The van der Waals surface area contributed by atoms with Crippen LogP contribution in [0.1, 0.15) is 40.5 Å². The number of carbonyl (C=O) groups excluding carboxylic acids is 1. The predicted octanol–water partition coefficient (Wildman–Crippen LogP) is 2.67. The van der Waals surface area contributed by atoms with Crippen molar-refractivity contribution >= 4 is 17.0 Å². The molecular formula is C17H17N3O3. The summed E-state index contributed by atoms with van der Waals surface area (Å²) < 4.78 is 10.9. The normalized spacial score (nSPS) is 13.9. The molecule has 23 heavy (non-hydrogen) atoms. The van der Waals surface area contributed by atoms with Crippen molar-refractivity contribution in [3.05, 3.63) is 47.2 Å². The van der Waals surface area contributed by atoms with Gasteiger partial charge < -0.3 is 14.3 Å². The monoisotopic (exact) mass is 311 g/mol. The summed E-state index contributed by atoms with van der Waals surface area (Å²) >= 11 is 0. The van der Waals surface area contributed by atoms with E-state index in [1.165, 1.54) is 0 Å². The van der Waals surface area contributed by atoms with Gasteiger partial charge in [0.15, 0.2) is 11.5 Å². The first kappa shape index (κ1) is 14.0. The van der Waals surface area contributed by atoms with E-state index in [0.717, 1.165) is 48.0 Å². The van der Waals surface area contributed by atoms with Crippen molar-refractivity contribution in [1.82, 2.24) is 15.5 Å². The molecule has 0 spiro atoms. The van der Waals surface area contributed by atoms with Crippen LogP contribution < -0.4 is 5.32 Å². The summed E-state index contributed by atoms with van der Waals surface area (Å²) in [5.74, 6) is 0.764. The number of oxazole rings is 1. The maximum atomic E-state index is 12.2. The first-order valence-corrected chi connectivity index (χ1v) is 7.91. The molecule has 0 fully saturated rings. The number of aryl methyl sites for hydroxylation is 1. The van der Waals surface area contributed by atoms with Crippen LogP contribution in [-0.2, 0) is 19.3 Å². The largest absolute Gasteiger partial charge is 0.441 e. The number of benzene rings is 1. The minimum Gasteiger partial charge on any atom is -0.441 e. The summed E-state index contributed by atoms with van der Waals surface area (Å²) in [6, 6.07) is 7.61. The van der Waals surface area contributed by atoms with E-state index < -0.39 is 0 Å². The first-order valence-electron chi connectivity index (χ1n) is 7.91. The summed E-state index contributed by atoms with van der Waals surface area (Å²) in [6.45, 7) is 0.446. The zero-order chi connectivity index (χ0) is 15.6. The predicted molar refractivity (Wildman–Crippen MR) is 83.2 cm³/mol. The van der Waals surface area contributed by atoms with E-state index in [2.05, 4.69) is 15.5 Å². The first-order chi connectivity index (χ1) is 11.3. The molecule has 3 aromatic rings. The van der Waals surface area contributed by atoms with E-state index >= 15 is 0 Å². The number of nitrogens with zero attached hydrogens (tertiary/aromatic N) is 2. The van der Waals surface area contributed by atoms with Crippen molar-refractivity contribution in [2.75, 3.05) is 6.54 Å². The Morgan fingerprint density at radius 1 is 1.22 bits per heavy atom. The van der Waals surface area contributed by atoms with Gasteiger partial charge in [0.05, 0.1) is 5.69 Å². The van der Waals surface area contributed by atoms with Gasteiger partial charge in [0.1, 0.15) is 5.52 Å². The van der Waals surface area contributed by atoms with Crippen molar-refractivity contribution < 1.29 is 13.7 Å². The highest BCUT2D eigenvalue weighted by molar-refractivity contribution is 5.93. The van der Waals surface area contributed by atoms with E-state index in [0.29, 0.717) is 24.6 Å². The van der Waals surface area contributed by atoms with Gasteiger partial charge in [-0.05, 0) is 37.8 Å². The number of hydrogen-bond donors (Lipinski definition) is 1. The third-order valence-corrected chi connectivity index (χ3v) is 4.13. The molecule has 6 nitrogen and oxygen atoms in total. The van der Waals surface area contributed by atoms with Crippen LogP contribution in [0.3, 0.4) is 0 Å². The lowest BCUT2D eigenvalue weighted by Gasteiger charge is -2.08. The number of aromatic nitrogens is 2. The van der Waals surface area contributed by atoms with E-state index in [9.17, 15) is 4.79 Å². The van der Waals surface area contributed by atoms with Crippen LogP contribution in [0, 0.1) is 0 Å². The van der Waals surface area contributed by atoms with Crippen molar-refractivity contribution in [3.8, 4) is 0 Å². The number of amides is 1. The molecular weight excluding hydrogens is 294 g/mol. The SMILES string of the molecule is O=C(NCCc1nc2ccccc2o1)c1onc2c1CCCC2. The van der Waals surface area contributed by atoms with Crippen LogP contribution in [0.5, 0.6) is 0 Å². The van der Waals surface area contributed by atoms with E-state index in [4.69, 9.17) is 8.94 Å². The molecule has 0 bridgehead atoms. The molecule has 4 rings (SSSR count). The van der Waals surface area contributed by atoms with Gasteiger partial charge in [0, 0.05) is 18.5 Å². The molecule has 1 aromatic carbocycles. The molecule has 0 atom stereocenters. The molecule has 6 heteroatoms. The van der Waals surface area contributed by atoms with Crippen molar-refractivity contribution in [2.24, 2.45) is 0 Å². The van der Waals surface area contributed by atoms with Gasteiger partial charge in [-0.15, -0.1) is 0 Å². The second-order valence-electron chi connectivity index (χ2n) is 5.73. The molecule has 2 aromatic heterocycles. The summed E-state index contributed by atoms with van der Waals surface area (Å²) in [6.07, 6.45) is 4.49. The van der Waals surface area contributed by atoms with E-state index in [-0.39, 0.29) is 5.91 Å².